The number of aliphatic hydroxyl groups excluding tert-OH is 1. The van der Waals surface area contributed by atoms with Crippen LogP contribution in [0.15, 0.2) is 72.8 Å². The molecular formula is C33H43N3O4. The van der Waals surface area contributed by atoms with Gasteiger partial charge in [0.05, 0.1) is 19.3 Å². The van der Waals surface area contributed by atoms with Gasteiger partial charge in [0.25, 0.3) is 5.91 Å². The minimum absolute atomic E-state index is 0.0563. The van der Waals surface area contributed by atoms with Crippen molar-refractivity contribution in [3.8, 4) is 5.75 Å². The van der Waals surface area contributed by atoms with Gasteiger partial charge in [0, 0.05) is 37.3 Å². The molecule has 0 aliphatic heterocycles. The second-order valence-electron chi connectivity index (χ2n) is 10.2. The molecule has 40 heavy (non-hydrogen) atoms. The van der Waals surface area contributed by atoms with E-state index in [1.165, 1.54) is 0 Å². The summed E-state index contributed by atoms with van der Waals surface area (Å²) in [5.74, 6) is 0.554. The molecule has 0 heterocycles. The van der Waals surface area contributed by atoms with Crippen molar-refractivity contribution < 1.29 is 19.4 Å². The number of nitrogens with one attached hydrogen (secondary N) is 2. The summed E-state index contributed by atoms with van der Waals surface area (Å²) in [6, 6.07) is 22.6. The van der Waals surface area contributed by atoms with Gasteiger partial charge in [0.1, 0.15) is 5.75 Å². The molecule has 3 N–H and O–H groups in total. The first kappa shape index (κ1) is 30.9. The third-order valence-corrected chi connectivity index (χ3v) is 6.74. The Balaban J connectivity index is 1.77. The lowest BCUT2D eigenvalue weighted by Gasteiger charge is -2.26. The summed E-state index contributed by atoms with van der Waals surface area (Å²) in [5.41, 5.74) is 4.15. The van der Waals surface area contributed by atoms with Gasteiger partial charge in [-0.05, 0) is 73.2 Å². The number of anilines is 1. The molecule has 0 aliphatic rings. The number of ether oxygens (including phenoxy) is 1. The Bertz CT molecular complexity index is 1230. The Morgan fingerprint density at radius 3 is 2.40 bits per heavy atom. The van der Waals surface area contributed by atoms with E-state index in [0.29, 0.717) is 38.0 Å². The van der Waals surface area contributed by atoms with E-state index in [1.807, 2.05) is 87.5 Å². The zero-order chi connectivity index (χ0) is 28.9. The maximum absolute atomic E-state index is 13.5. The summed E-state index contributed by atoms with van der Waals surface area (Å²) >= 11 is 0. The van der Waals surface area contributed by atoms with E-state index in [0.717, 1.165) is 41.0 Å². The van der Waals surface area contributed by atoms with E-state index in [1.54, 1.807) is 18.1 Å². The van der Waals surface area contributed by atoms with Gasteiger partial charge in [-0.1, -0.05) is 56.3 Å². The van der Waals surface area contributed by atoms with Crippen molar-refractivity contribution in [1.29, 1.82) is 0 Å². The Kier molecular flexibility index (Phi) is 12.2. The minimum atomic E-state index is -0.832. The van der Waals surface area contributed by atoms with Gasteiger partial charge >= 0.3 is 0 Å². The summed E-state index contributed by atoms with van der Waals surface area (Å²) < 4.78 is 5.30. The lowest BCUT2D eigenvalue weighted by molar-refractivity contribution is -0.118. The van der Waals surface area contributed by atoms with Crippen molar-refractivity contribution in [2.75, 3.05) is 25.1 Å². The molecule has 7 nitrogen and oxygen atoms in total. The van der Waals surface area contributed by atoms with Gasteiger partial charge in [0.15, 0.2) is 0 Å². The van der Waals surface area contributed by atoms with Crippen LogP contribution in [0.2, 0.25) is 0 Å². The fourth-order valence-corrected chi connectivity index (χ4v) is 4.71. The maximum atomic E-state index is 13.5. The lowest BCUT2D eigenvalue weighted by Crippen LogP contribution is -2.48. The molecule has 3 aromatic carbocycles. The van der Waals surface area contributed by atoms with E-state index in [2.05, 4.69) is 10.6 Å². The van der Waals surface area contributed by atoms with Crippen LogP contribution < -0.4 is 20.3 Å². The molecule has 3 rings (SSSR count). The summed E-state index contributed by atoms with van der Waals surface area (Å²) in [6.45, 7) is 7.39. The molecule has 3 aromatic rings. The van der Waals surface area contributed by atoms with Gasteiger partial charge in [-0.3, -0.25) is 9.59 Å². The number of methoxy groups -OCH3 is 1. The van der Waals surface area contributed by atoms with Crippen LogP contribution in [0.3, 0.4) is 0 Å². The van der Waals surface area contributed by atoms with Crippen LogP contribution in [-0.2, 0) is 17.8 Å². The molecule has 2 atom stereocenters. The Hall–Kier alpha value is -3.68. The summed E-state index contributed by atoms with van der Waals surface area (Å²) in [7, 11) is 1.63. The van der Waals surface area contributed by atoms with Crippen molar-refractivity contribution in [2.24, 2.45) is 0 Å². The zero-order valence-electron chi connectivity index (χ0n) is 24.2. The van der Waals surface area contributed by atoms with Crippen LogP contribution >= 0.6 is 0 Å². The first-order chi connectivity index (χ1) is 19.3. The number of hydrogen-bond acceptors (Lipinski definition) is 5. The number of aryl methyl sites for hydroxylation is 1. The fraction of sp³-hybridized carbons (Fsp3) is 0.394. The molecule has 0 unspecified atom stereocenters. The van der Waals surface area contributed by atoms with Crippen molar-refractivity contribution in [3.05, 3.63) is 95.1 Å². The van der Waals surface area contributed by atoms with Crippen molar-refractivity contribution in [3.63, 3.8) is 0 Å². The molecule has 0 fully saturated rings. The van der Waals surface area contributed by atoms with Crippen LogP contribution in [0, 0.1) is 6.92 Å². The van der Waals surface area contributed by atoms with Crippen LogP contribution in [0.5, 0.6) is 5.75 Å². The number of nitrogens with zero attached hydrogens (tertiary/aromatic N) is 1. The number of rotatable bonds is 15. The fourth-order valence-electron chi connectivity index (χ4n) is 4.71. The highest BCUT2D eigenvalue weighted by molar-refractivity contribution is 5.98. The summed E-state index contributed by atoms with van der Waals surface area (Å²) in [4.78, 5) is 28.1. The molecule has 214 valence electrons. The predicted octanol–water partition coefficient (Wildman–Crippen LogP) is 5.04. The average Bonchev–Trinajstić information content (AvgIpc) is 2.95. The largest absolute Gasteiger partial charge is 0.497 e. The number of hydrogen-bond donors (Lipinski definition) is 3. The molecule has 0 spiro atoms. The molecule has 0 aliphatic carbocycles. The third-order valence-electron chi connectivity index (χ3n) is 6.74. The first-order valence-electron chi connectivity index (χ1n) is 14.1. The monoisotopic (exact) mass is 545 g/mol. The van der Waals surface area contributed by atoms with Crippen LogP contribution in [0.4, 0.5) is 5.69 Å². The first-order valence-corrected chi connectivity index (χ1v) is 14.1. The van der Waals surface area contributed by atoms with E-state index < -0.39 is 12.1 Å². The topological polar surface area (TPSA) is 90.9 Å². The molecule has 2 amide bonds. The van der Waals surface area contributed by atoms with Gasteiger partial charge < -0.3 is 25.4 Å². The molecular weight excluding hydrogens is 502 g/mol. The van der Waals surface area contributed by atoms with Gasteiger partial charge in [-0.15, -0.1) is 0 Å². The Morgan fingerprint density at radius 1 is 0.950 bits per heavy atom. The van der Waals surface area contributed by atoms with E-state index >= 15 is 0 Å². The average molecular weight is 546 g/mol. The van der Waals surface area contributed by atoms with E-state index in [9.17, 15) is 14.7 Å². The van der Waals surface area contributed by atoms with Crippen LogP contribution in [0.25, 0.3) is 0 Å². The molecule has 0 saturated heterocycles. The van der Waals surface area contributed by atoms with Crippen LogP contribution in [-0.4, -0.2) is 49.3 Å². The molecule has 0 radical (unpaired) electrons. The van der Waals surface area contributed by atoms with Crippen molar-refractivity contribution >= 4 is 17.5 Å². The number of aliphatic hydroxyl groups is 1. The summed E-state index contributed by atoms with van der Waals surface area (Å²) in [5, 5.41) is 17.6. The highest BCUT2D eigenvalue weighted by atomic mass is 16.5. The second-order valence-corrected chi connectivity index (χ2v) is 10.2. The van der Waals surface area contributed by atoms with E-state index in [4.69, 9.17) is 4.74 Å². The molecule has 0 bridgehead atoms. The molecule has 0 aromatic heterocycles. The molecule has 0 saturated carbocycles. The zero-order valence-corrected chi connectivity index (χ0v) is 24.2. The predicted molar refractivity (Wildman–Crippen MR) is 161 cm³/mol. The highest BCUT2D eigenvalue weighted by Crippen LogP contribution is 2.22. The smallest absolute Gasteiger partial charge is 0.251 e. The van der Waals surface area contributed by atoms with Crippen molar-refractivity contribution in [2.45, 2.75) is 65.1 Å². The number of amides is 2. The van der Waals surface area contributed by atoms with Crippen LogP contribution in [0.1, 0.15) is 60.2 Å². The summed E-state index contributed by atoms with van der Waals surface area (Å²) in [6.07, 6.45) is 1.69. The quantitative estimate of drug-likeness (QED) is 0.249. The SMILES string of the molecule is CCCC(=O)N(CCC)c1cc(C)cc(C(=O)N[C@@H](Cc2ccccc2)[C@@H](O)CNCc2cccc(OC)c2)c1. The van der Waals surface area contributed by atoms with Gasteiger partial charge in [-0.25, -0.2) is 0 Å². The van der Waals surface area contributed by atoms with Gasteiger partial charge in [0.2, 0.25) is 5.91 Å². The lowest BCUT2D eigenvalue weighted by atomic mass is 10.00. The number of benzene rings is 3. The number of carbonyl (C=O) groups excluding carboxylic acids is 2. The Labute approximate surface area is 238 Å². The maximum Gasteiger partial charge on any atom is 0.251 e. The minimum Gasteiger partial charge on any atom is -0.497 e. The van der Waals surface area contributed by atoms with Crippen molar-refractivity contribution in [1.82, 2.24) is 10.6 Å². The third kappa shape index (κ3) is 9.21. The van der Waals surface area contributed by atoms with E-state index in [-0.39, 0.29) is 11.8 Å². The Morgan fingerprint density at radius 2 is 1.70 bits per heavy atom. The second kappa shape index (κ2) is 15.8. The van der Waals surface area contributed by atoms with Gasteiger partial charge in [-0.2, -0.15) is 0 Å². The number of carbonyl (C=O) groups is 2. The standard InChI is InChI=1S/C33H43N3O4/c1-5-11-32(38)36(16-6-2)28-18-24(3)17-27(21-28)33(39)35-30(20-25-12-8-7-9-13-25)31(37)23-34-22-26-14-10-15-29(19-26)40-4/h7-10,12-15,17-19,21,30-31,34,37H,5-6,11,16,20,22-23H2,1-4H3,(H,35,39)/t30-,31-/m0/s1. The molecule has 7 heteroatoms. The highest BCUT2D eigenvalue weighted by Gasteiger charge is 2.24. The normalized spacial score (nSPS) is 12.4.